The number of ether oxygens (including phenoxy) is 1. The Bertz CT molecular complexity index is 750. The van der Waals surface area contributed by atoms with Crippen LogP contribution in [0.1, 0.15) is 44.6 Å². The van der Waals surface area contributed by atoms with Gasteiger partial charge >= 0.3 is 12.0 Å². The van der Waals surface area contributed by atoms with Crippen molar-refractivity contribution in [3.8, 4) is 0 Å². The molecular weight excluding hydrogens is 340 g/mol. The first-order valence-corrected chi connectivity index (χ1v) is 10.0. The van der Waals surface area contributed by atoms with E-state index in [1.807, 2.05) is 40.1 Å². The van der Waals surface area contributed by atoms with E-state index >= 15 is 0 Å². The normalized spacial score (nSPS) is 25.7. The highest BCUT2D eigenvalue weighted by Gasteiger charge is 2.47. The van der Waals surface area contributed by atoms with Crippen molar-refractivity contribution in [3.05, 3.63) is 41.5 Å². The van der Waals surface area contributed by atoms with E-state index in [1.54, 1.807) is 0 Å². The van der Waals surface area contributed by atoms with Crippen molar-refractivity contribution in [1.29, 1.82) is 0 Å². The summed E-state index contributed by atoms with van der Waals surface area (Å²) in [6, 6.07) is 10.2. The molecular formula is C22H28N2O3. The van der Waals surface area contributed by atoms with Crippen LogP contribution in [0.25, 0.3) is 5.57 Å². The molecule has 4 rings (SSSR count). The smallest absolute Gasteiger partial charge is 0.336 e. The second kappa shape index (κ2) is 7.37. The molecule has 2 amide bonds. The zero-order valence-electron chi connectivity index (χ0n) is 16.2. The van der Waals surface area contributed by atoms with E-state index in [2.05, 4.69) is 6.92 Å². The van der Waals surface area contributed by atoms with Crippen molar-refractivity contribution in [3.63, 3.8) is 0 Å². The molecule has 3 aliphatic rings. The lowest BCUT2D eigenvalue weighted by Gasteiger charge is -2.41. The second-order valence-corrected chi connectivity index (χ2v) is 8.06. The van der Waals surface area contributed by atoms with Crippen molar-refractivity contribution in [2.75, 3.05) is 20.2 Å². The molecule has 0 spiro atoms. The van der Waals surface area contributed by atoms with E-state index in [1.165, 1.54) is 7.11 Å². The molecule has 27 heavy (non-hydrogen) atoms. The zero-order valence-corrected chi connectivity index (χ0v) is 16.2. The summed E-state index contributed by atoms with van der Waals surface area (Å²) in [4.78, 5) is 30.0. The van der Waals surface area contributed by atoms with Gasteiger partial charge in [-0.25, -0.2) is 9.59 Å². The van der Waals surface area contributed by atoms with Crippen LogP contribution < -0.4 is 0 Å². The van der Waals surface area contributed by atoms with Gasteiger partial charge in [0.2, 0.25) is 0 Å². The molecule has 3 aliphatic heterocycles. The summed E-state index contributed by atoms with van der Waals surface area (Å²) >= 11 is 0. The van der Waals surface area contributed by atoms with Crippen LogP contribution >= 0.6 is 0 Å². The number of nitrogens with zero attached hydrogens (tertiary/aromatic N) is 2. The molecule has 2 fully saturated rings. The number of fused-ring (bicyclic) bond motifs is 2. The number of piperidine rings is 1. The first-order chi connectivity index (χ1) is 13.1. The average Bonchev–Trinajstić information content (AvgIpc) is 3.01. The lowest BCUT2D eigenvalue weighted by atomic mass is 9.88. The largest absolute Gasteiger partial charge is 0.466 e. The number of rotatable bonds is 2. The fraction of sp³-hybridized carbons (Fsp3) is 0.545. The van der Waals surface area contributed by atoms with Gasteiger partial charge in [0.1, 0.15) is 0 Å². The van der Waals surface area contributed by atoms with Crippen LogP contribution in [0.15, 0.2) is 35.9 Å². The zero-order chi connectivity index (χ0) is 19.0. The molecule has 2 saturated heterocycles. The van der Waals surface area contributed by atoms with E-state index in [-0.39, 0.29) is 24.1 Å². The molecule has 0 saturated carbocycles. The van der Waals surface area contributed by atoms with E-state index in [0.717, 1.165) is 56.3 Å². The molecule has 144 valence electrons. The van der Waals surface area contributed by atoms with Crippen LogP contribution in [-0.4, -0.2) is 54.1 Å². The van der Waals surface area contributed by atoms with Gasteiger partial charge in [-0.15, -0.1) is 0 Å². The summed E-state index contributed by atoms with van der Waals surface area (Å²) < 4.78 is 5.13. The number of esters is 1. The molecule has 0 aromatic heterocycles. The topological polar surface area (TPSA) is 49.9 Å². The number of urea groups is 1. The van der Waals surface area contributed by atoms with Crippen molar-refractivity contribution >= 4 is 17.6 Å². The summed E-state index contributed by atoms with van der Waals surface area (Å²) in [5.74, 6) is 0.381. The average molecular weight is 368 g/mol. The number of likely N-dealkylation sites (tertiary alicyclic amines) is 1. The fourth-order valence-corrected chi connectivity index (χ4v) is 4.85. The van der Waals surface area contributed by atoms with Crippen molar-refractivity contribution in [2.45, 2.75) is 51.1 Å². The van der Waals surface area contributed by atoms with Gasteiger partial charge in [-0.2, -0.15) is 0 Å². The Balaban J connectivity index is 1.67. The minimum atomic E-state index is -0.302. The highest BCUT2D eigenvalue weighted by Crippen LogP contribution is 2.44. The maximum Gasteiger partial charge on any atom is 0.336 e. The lowest BCUT2D eigenvalue weighted by molar-refractivity contribution is -0.136. The van der Waals surface area contributed by atoms with E-state index in [9.17, 15) is 9.59 Å². The number of methoxy groups -OCH3 is 1. The van der Waals surface area contributed by atoms with Gasteiger partial charge in [0, 0.05) is 19.1 Å². The van der Waals surface area contributed by atoms with Gasteiger partial charge in [-0.05, 0) is 49.2 Å². The van der Waals surface area contributed by atoms with E-state index in [4.69, 9.17) is 4.74 Å². The maximum atomic E-state index is 13.3. The molecule has 0 aliphatic carbocycles. The van der Waals surface area contributed by atoms with Crippen LogP contribution in [0.3, 0.4) is 0 Å². The van der Waals surface area contributed by atoms with Crippen LogP contribution in [0.2, 0.25) is 0 Å². The van der Waals surface area contributed by atoms with Gasteiger partial charge < -0.3 is 14.5 Å². The summed E-state index contributed by atoms with van der Waals surface area (Å²) in [5, 5.41) is 0. The fourth-order valence-electron chi connectivity index (χ4n) is 4.85. The molecule has 2 unspecified atom stereocenters. The molecule has 0 radical (unpaired) electrons. The Hall–Kier alpha value is -2.30. The van der Waals surface area contributed by atoms with E-state index < -0.39 is 0 Å². The van der Waals surface area contributed by atoms with E-state index in [0.29, 0.717) is 11.5 Å². The molecule has 5 nitrogen and oxygen atoms in total. The molecule has 2 atom stereocenters. The van der Waals surface area contributed by atoms with Gasteiger partial charge in [-0.3, -0.25) is 0 Å². The van der Waals surface area contributed by atoms with Gasteiger partial charge in [0.05, 0.1) is 18.7 Å². The Morgan fingerprint density at radius 2 is 1.74 bits per heavy atom. The SMILES string of the molecule is COC(=O)C1=C(c2ccccc2)CC2CCC1N2C(=O)N1CCC(C)CC1. The van der Waals surface area contributed by atoms with Crippen LogP contribution in [0.5, 0.6) is 0 Å². The summed E-state index contributed by atoms with van der Waals surface area (Å²) in [5.41, 5.74) is 2.79. The van der Waals surface area contributed by atoms with Crippen LogP contribution in [0, 0.1) is 5.92 Å². The first kappa shape index (κ1) is 18.1. The quantitative estimate of drug-likeness (QED) is 0.748. The van der Waals surface area contributed by atoms with Crippen molar-refractivity contribution in [2.24, 2.45) is 5.92 Å². The third-order valence-electron chi connectivity index (χ3n) is 6.40. The Morgan fingerprint density at radius 1 is 1.04 bits per heavy atom. The Kier molecular flexibility index (Phi) is 4.94. The number of benzene rings is 1. The molecule has 3 heterocycles. The number of carbonyl (C=O) groups is 2. The molecule has 0 N–H and O–H groups in total. The highest BCUT2D eigenvalue weighted by atomic mass is 16.5. The third-order valence-corrected chi connectivity index (χ3v) is 6.40. The summed E-state index contributed by atoms with van der Waals surface area (Å²) in [6.45, 7) is 3.88. The number of amides is 2. The summed E-state index contributed by atoms with van der Waals surface area (Å²) in [6.07, 6.45) is 4.62. The second-order valence-electron chi connectivity index (χ2n) is 8.06. The van der Waals surface area contributed by atoms with Gasteiger partial charge in [0.25, 0.3) is 0 Å². The molecule has 1 aromatic carbocycles. The first-order valence-electron chi connectivity index (χ1n) is 10.0. The van der Waals surface area contributed by atoms with Crippen LogP contribution in [0.4, 0.5) is 4.79 Å². The molecule has 1 aromatic rings. The minimum Gasteiger partial charge on any atom is -0.466 e. The molecule has 5 heteroatoms. The maximum absolute atomic E-state index is 13.3. The third kappa shape index (κ3) is 3.24. The minimum absolute atomic E-state index is 0.0999. The van der Waals surface area contributed by atoms with Gasteiger partial charge in [0.15, 0.2) is 0 Å². The predicted octanol–water partition coefficient (Wildman–Crippen LogP) is 3.70. The van der Waals surface area contributed by atoms with Gasteiger partial charge in [-0.1, -0.05) is 37.3 Å². The predicted molar refractivity (Wildman–Crippen MR) is 104 cm³/mol. The number of carbonyl (C=O) groups excluding carboxylic acids is 2. The lowest BCUT2D eigenvalue weighted by Crippen LogP contribution is -2.53. The highest BCUT2D eigenvalue weighted by molar-refractivity contribution is 6.01. The monoisotopic (exact) mass is 368 g/mol. The van der Waals surface area contributed by atoms with Crippen molar-refractivity contribution in [1.82, 2.24) is 9.80 Å². The molecule has 2 bridgehead atoms. The summed E-state index contributed by atoms with van der Waals surface area (Å²) in [7, 11) is 1.43. The number of hydrogen-bond acceptors (Lipinski definition) is 3. The Labute approximate surface area is 161 Å². The van der Waals surface area contributed by atoms with Crippen molar-refractivity contribution < 1.29 is 14.3 Å². The van der Waals surface area contributed by atoms with Crippen LogP contribution in [-0.2, 0) is 9.53 Å². The number of hydrogen-bond donors (Lipinski definition) is 0. The standard InChI is InChI=1S/C22H28N2O3/c1-15-10-12-23(13-11-15)22(26)24-17-8-9-19(24)20(21(25)27-2)18(14-17)16-6-4-3-5-7-16/h3-7,15,17,19H,8-14H2,1-2H3. The Morgan fingerprint density at radius 3 is 2.41 bits per heavy atom.